The van der Waals surface area contributed by atoms with Crippen molar-refractivity contribution in [2.75, 3.05) is 29.9 Å². The number of anilines is 2. The number of aliphatic hydroxyl groups is 1. The van der Waals surface area contributed by atoms with Crippen LogP contribution in [0.15, 0.2) is 18.2 Å². The third kappa shape index (κ3) is 2.39. The number of nitrogens with zero attached hydrogens (tertiary/aromatic N) is 1. The van der Waals surface area contributed by atoms with E-state index in [1.165, 1.54) is 0 Å². The molecule has 2 atom stereocenters. The third-order valence-corrected chi connectivity index (χ3v) is 4.03. The standard InChI is InChI=1S/C15H20N2O3/c1-2-17(9-11-4-3-7-20-11)10-5-6-12-13(8-10)16-15(19)14(12)18/h5-6,8,11,14,18H,2-4,7,9H2,1H3,(H,16,19). The summed E-state index contributed by atoms with van der Waals surface area (Å²) in [7, 11) is 0. The smallest absolute Gasteiger partial charge is 0.257 e. The Bertz CT molecular complexity index is 512. The number of aliphatic hydroxyl groups excluding tert-OH is 1. The van der Waals surface area contributed by atoms with Crippen molar-refractivity contribution in [3.8, 4) is 0 Å². The van der Waals surface area contributed by atoms with Gasteiger partial charge in [-0.15, -0.1) is 0 Å². The van der Waals surface area contributed by atoms with E-state index in [4.69, 9.17) is 4.74 Å². The first-order valence-electron chi connectivity index (χ1n) is 7.18. The van der Waals surface area contributed by atoms with Crippen LogP contribution in [0.4, 0.5) is 11.4 Å². The molecule has 0 aromatic heterocycles. The molecule has 0 radical (unpaired) electrons. The van der Waals surface area contributed by atoms with Gasteiger partial charge in [-0.2, -0.15) is 0 Å². The number of amides is 1. The topological polar surface area (TPSA) is 61.8 Å². The molecule has 1 amide bonds. The normalized spacial score (nSPS) is 24.6. The Morgan fingerprint density at radius 3 is 3.05 bits per heavy atom. The lowest BCUT2D eigenvalue weighted by Gasteiger charge is -2.26. The monoisotopic (exact) mass is 276 g/mol. The SMILES string of the molecule is CCN(CC1CCCO1)c1ccc2c(c1)NC(=O)C2O. The van der Waals surface area contributed by atoms with Gasteiger partial charge in [0.25, 0.3) is 5.91 Å². The Balaban J connectivity index is 1.79. The Labute approximate surface area is 118 Å². The average molecular weight is 276 g/mol. The molecule has 0 saturated carbocycles. The molecule has 1 saturated heterocycles. The van der Waals surface area contributed by atoms with E-state index in [9.17, 15) is 9.90 Å². The molecule has 5 heteroatoms. The van der Waals surface area contributed by atoms with Crippen molar-refractivity contribution in [3.63, 3.8) is 0 Å². The summed E-state index contributed by atoms with van der Waals surface area (Å²) in [5.41, 5.74) is 2.42. The van der Waals surface area contributed by atoms with Gasteiger partial charge in [0.2, 0.25) is 0 Å². The minimum absolute atomic E-state index is 0.295. The summed E-state index contributed by atoms with van der Waals surface area (Å²) in [6, 6.07) is 5.72. The summed E-state index contributed by atoms with van der Waals surface area (Å²) in [6.45, 7) is 4.71. The highest BCUT2D eigenvalue weighted by atomic mass is 16.5. The lowest BCUT2D eigenvalue weighted by molar-refractivity contribution is -0.123. The number of benzene rings is 1. The van der Waals surface area contributed by atoms with Crippen LogP contribution >= 0.6 is 0 Å². The Hall–Kier alpha value is -1.59. The van der Waals surface area contributed by atoms with E-state index in [0.29, 0.717) is 17.4 Å². The molecule has 2 aliphatic heterocycles. The number of nitrogens with one attached hydrogen (secondary N) is 1. The maximum Gasteiger partial charge on any atom is 0.257 e. The minimum atomic E-state index is -1.03. The van der Waals surface area contributed by atoms with Crippen molar-refractivity contribution < 1.29 is 14.6 Å². The summed E-state index contributed by atoms with van der Waals surface area (Å²) in [5.74, 6) is -0.348. The molecule has 20 heavy (non-hydrogen) atoms. The Morgan fingerprint density at radius 1 is 1.50 bits per heavy atom. The highest BCUT2D eigenvalue weighted by molar-refractivity contribution is 6.02. The van der Waals surface area contributed by atoms with Crippen LogP contribution in [-0.4, -0.2) is 36.8 Å². The van der Waals surface area contributed by atoms with E-state index < -0.39 is 6.10 Å². The van der Waals surface area contributed by atoms with Gasteiger partial charge in [0, 0.05) is 36.6 Å². The third-order valence-electron chi connectivity index (χ3n) is 4.03. The summed E-state index contributed by atoms with van der Waals surface area (Å²) in [5, 5.41) is 12.4. The van der Waals surface area contributed by atoms with Crippen molar-refractivity contribution in [2.24, 2.45) is 0 Å². The van der Waals surface area contributed by atoms with Gasteiger partial charge in [0.05, 0.1) is 6.10 Å². The molecule has 2 heterocycles. The van der Waals surface area contributed by atoms with Gasteiger partial charge < -0.3 is 20.1 Å². The molecule has 1 fully saturated rings. The molecule has 2 aliphatic rings. The second-order valence-corrected chi connectivity index (χ2v) is 5.34. The van der Waals surface area contributed by atoms with E-state index in [2.05, 4.69) is 17.1 Å². The van der Waals surface area contributed by atoms with Gasteiger partial charge >= 0.3 is 0 Å². The van der Waals surface area contributed by atoms with E-state index in [0.717, 1.165) is 38.2 Å². The van der Waals surface area contributed by atoms with Gasteiger partial charge in [-0.1, -0.05) is 6.07 Å². The molecule has 2 N–H and O–H groups in total. The molecule has 3 rings (SSSR count). The van der Waals surface area contributed by atoms with Crippen molar-refractivity contribution in [2.45, 2.75) is 32.0 Å². The van der Waals surface area contributed by atoms with Crippen LogP contribution in [0, 0.1) is 0 Å². The summed E-state index contributed by atoms with van der Waals surface area (Å²) >= 11 is 0. The van der Waals surface area contributed by atoms with Crippen molar-refractivity contribution in [1.82, 2.24) is 0 Å². The quantitative estimate of drug-likeness (QED) is 0.878. The van der Waals surface area contributed by atoms with Crippen LogP contribution < -0.4 is 10.2 Å². The Morgan fingerprint density at radius 2 is 2.35 bits per heavy atom. The van der Waals surface area contributed by atoms with Crippen LogP contribution in [0.2, 0.25) is 0 Å². The van der Waals surface area contributed by atoms with Crippen LogP contribution in [0.25, 0.3) is 0 Å². The predicted octanol–water partition coefficient (Wildman–Crippen LogP) is 1.68. The van der Waals surface area contributed by atoms with Crippen molar-refractivity contribution in [1.29, 1.82) is 0 Å². The van der Waals surface area contributed by atoms with Crippen LogP contribution in [0.3, 0.4) is 0 Å². The van der Waals surface area contributed by atoms with Gasteiger partial charge in [-0.25, -0.2) is 0 Å². The van der Waals surface area contributed by atoms with E-state index in [1.54, 1.807) is 0 Å². The number of likely N-dealkylation sites (N-methyl/N-ethyl adjacent to an activating group) is 1. The molecule has 1 aromatic carbocycles. The highest BCUT2D eigenvalue weighted by Crippen LogP contribution is 2.34. The predicted molar refractivity (Wildman–Crippen MR) is 76.9 cm³/mol. The van der Waals surface area contributed by atoms with Crippen molar-refractivity contribution >= 4 is 17.3 Å². The second-order valence-electron chi connectivity index (χ2n) is 5.34. The molecule has 108 valence electrons. The zero-order valence-electron chi connectivity index (χ0n) is 11.6. The number of hydrogen-bond acceptors (Lipinski definition) is 4. The molecule has 0 aliphatic carbocycles. The van der Waals surface area contributed by atoms with E-state index in [-0.39, 0.29) is 5.91 Å². The first-order chi connectivity index (χ1) is 9.69. The zero-order chi connectivity index (χ0) is 14.1. The number of carbonyl (C=O) groups is 1. The van der Waals surface area contributed by atoms with Gasteiger partial charge in [0.15, 0.2) is 6.10 Å². The number of hydrogen-bond donors (Lipinski definition) is 2. The molecule has 5 nitrogen and oxygen atoms in total. The number of fused-ring (bicyclic) bond motifs is 1. The maximum absolute atomic E-state index is 11.5. The van der Waals surface area contributed by atoms with Gasteiger partial charge in [-0.05, 0) is 31.9 Å². The van der Waals surface area contributed by atoms with Crippen molar-refractivity contribution in [3.05, 3.63) is 23.8 Å². The fourth-order valence-electron chi connectivity index (χ4n) is 2.88. The fourth-order valence-corrected chi connectivity index (χ4v) is 2.88. The Kier molecular flexibility index (Phi) is 3.63. The maximum atomic E-state index is 11.5. The summed E-state index contributed by atoms with van der Waals surface area (Å²) < 4.78 is 5.68. The average Bonchev–Trinajstić information content (AvgIpc) is 3.05. The number of ether oxygens (including phenoxy) is 1. The van der Waals surface area contributed by atoms with Crippen LogP contribution in [0.5, 0.6) is 0 Å². The summed E-state index contributed by atoms with van der Waals surface area (Å²) in [4.78, 5) is 13.7. The zero-order valence-corrected chi connectivity index (χ0v) is 11.6. The lowest BCUT2D eigenvalue weighted by Crippen LogP contribution is -2.32. The van der Waals surface area contributed by atoms with Gasteiger partial charge in [0.1, 0.15) is 0 Å². The first kappa shape index (κ1) is 13.4. The molecular formula is C15H20N2O3. The highest BCUT2D eigenvalue weighted by Gasteiger charge is 2.29. The summed E-state index contributed by atoms with van der Waals surface area (Å²) in [6.07, 6.45) is 1.50. The molecule has 0 bridgehead atoms. The van der Waals surface area contributed by atoms with E-state index in [1.807, 2.05) is 18.2 Å². The van der Waals surface area contributed by atoms with Crippen LogP contribution in [-0.2, 0) is 9.53 Å². The van der Waals surface area contributed by atoms with E-state index >= 15 is 0 Å². The number of carbonyl (C=O) groups excluding carboxylic acids is 1. The second kappa shape index (κ2) is 5.42. The molecule has 0 spiro atoms. The molecule has 1 aromatic rings. The first-order valence-corrected chi connectivity index (χ1v) is 7.18. The van der Waals surface area contributed by atoms with Gasteiger partial charge in [-0.3, -0.25) is 4.79 Å². The lowest BCUT2D eigenvalue weighted by atomic mass is 10.1. The number of rotatable bonds is 4. The van der Waals surface area contributed by atoms with Crippen LogP contribution in [0.1, 0.15) is 31.4 Å². The molecular weight excluding hydrogens is 256 g/mol. The fraction of sp³-hybridized carbons (Fsp3) is 0.533. The molecule has 2 unspecified atom stereocenters. The minimum Gasteiger partial charge on any atom is -0.378 e. The largest absolute Gasteiger partial charge is 0.378 e.